The van der Waals surface area contributed by atoms with Crippen LogP contribution in [-0.4, -0.2) is 0 Å². The number of hydrogen-bond acceptors (Lipinski definition) is 1. The third-order valence-corrected chi connectivity index (χ3v) is 1.24. The third kappa shape index (κ3) is 3.57. The summed E-state index contributed by atoms with van der Waals surface area (Å²) in [5, 5.41) is 0. The topological polar surface area (TPSA) is 23.8 Å². The zero-order chi connectivity index (χ0) is 5.98. The molecular weight excluding hydrogens is 132 g/mol. The maximum atomic E-state index is 7.12. The molecule has 0 radical (unpaired) electrons. The summed E-state index contributed by atoms with van der Waals surface area (Å²) in [5.74, 6) is 0. The molecule has 0 bridgehead atoms. The molecule has 0 aliphatic rings. The molecule has 0 unspecified atom stereocenters. The van der Waals surface area contributed by atoms with Gasteiger partial charge in [0.15, 0.2) is 0 Å². The van der Waals surface area contributed by atoms with Crippen LogP contribution in [0.2, 0.25) is 0 Å². The summed E-state index contributed by atoms with van der Waals surface area (Å²) in [6.45, 7) is 0. The quantitative estimate of drug-likeness (QED) is 0.266. The van der Waals surface area contributed by atoms with E-state index in [0.29, 0.717) is 10.6 Å². The van der Waals surface area contributed by atoms with Crippen LogP contribution in [0.15, 0.2) is 29.2 Å². The van der Waals surface area contributed by atoms with Crippen molar-refractivity contribution in [1.29, 1.82) is 0 Å². The van der Waals surface area contributed by atoms with Gasteiger partial charge in [-0.15, -0.1) is 0 Å². The van der Waals surface area contributed by atoms with Gasteiger partial charge in [0, 0.05) is 0 Å². The van der Waals surface area contributed by atoms with E-state index in [1.165, 1.54) is 0 Å². The molecule has 4 heteroatoms. The maximum absolute atomic E-state index is 7.12. The first-order valence-corrected chi connectivity index (χ1v) is 2.69. The Hall–Kier alpha value is 0.435. The first kappa shape index (κ1) is 13.1. The van der Waals surface area contributed by atoms with Gasteiger partial charge in [0.05, 0.1) is 0 Å². The fraction of sp³-hybridized carbons (Fsp3) is 0. The predicted molar refractivity (Wildman–Crippen MR) is 36.1 cm³/mol. The molecule has 0 saturated carbocycles. The fourth-order valence-electron chi connectivity index (χ4n) is 0.467. The Kier molecular flexibility index (Phi) is 8.05. The molecule has 1 rings (SSSR count). The van der Waals surface area contributed by atoms with Crippen molar-refractivity contribution < 1.29 is 37.7 Å². The molecule has 0 spiro atoms. The van der Waals surface area contributed by atoms with E-state index in [0.717, 1.165) is 0 Å². The van der Waals surface area contributed by atoms with Gasteiger partial charge in [-0.1, -0.05) is 24.3 Å². The van der Waals surface area contributed by atoms with Crippen LogP contribution in [0.3, 0.4) is 0 Å². The van der Waals surface area contributed by atoms with Gasteiger partial charge in [-0.05, 0) is 0 Å². The molecule has 1 N–H and O–H groups in total. The summed E-state index contributed by atoms with van der Waals surface area (Å²) in [7, 11) is 0. The van der Waals surface area contributed by atoms with E-state index in [1.54, 1.807) is 18.2 Å². The van der Waals surface area contributed by atoms with Gasteiger partial charge >= 0.3 is 37.7 Å². The Morgan fingerprint density at radius 2 is 1.60 bits per heavy atom. The average molecular weight is 137 g/mol. The van der Waals surface area contributed by atoms with Crippen molar-refractivity contribution in [2.45, 2.75) is 4.90 Å². The number of nitrogens with one attached hydrogen (secondary N) is 1. The second-order valence-corrected chi connectivity index (χ2v) is 1.94. The largest absolute Gasteiger partial charge is 1.00 e. The first-order chi connectivity index (χ1) is 3.80. The zero-order valence-electron chi connectivity index (χ0n) is 6.22. The van der Waals surface area contributed by atoms with Crippen LogP contribution >= 0.6 is 0 Å². The minimum Gasteiger partial charge on any atom is -0.781 e. The summed E-state index contributed by atoms with van der Waals surface area (Å²) in [4.78, 5) is 0.618. The van der Waals surface area contributed by atoms with E-state index < -0.39 is 0 Å². The van der Waals surface area contributed by atoms with E-state index in [-0.39, 0.29) is 37.7 Å². The van der Waals surface area contributed by atoms with E-state index in [1.807, 2.05) is 6.07 Å². The summed E-state index contributed by atoms with van der Waals surface area (Å²) in [5.41, 5.74) is 7.55. The minimum atomic E-state index is 0. The van der Waals surface area contributed by atoms with Crippen molar-refractivity contribution in [3.05, 3.63) is 30.0 Å². The number of rotatable bonds is 0. The summed E-state index contributed by atoms with van der Waals surface area (Å²) < 4.78 is 0. The molecule has 1 aromatic carbocycles. The number of benzene rings is 1. The molecule has 0 fully saturated rings. The Morgan fingerprint density at radius 3 is 1.90 bits per heavy atom. The Bertz CT molecular complexity index is 172. The maximum Gasteiger partial charge on any atom is 1.00 e. The molecule has 42 valence electrons. The molecule has 0 aliphatic carbocycles. The molecule has 0 amide bonds. The fourth-order valence-corrected chi connectivity index (χ4v) is 0.613. The van der Waals surface area contributed by atoms with Crippen LogP contribution in [0, 0.1) is 0 Å². The molecular formula is C6H5Li2NS. The molecule has 0 aliphatic heterocycles. The average Bonchev–Trinajstić information content (AvgIpc) is 1.77. The van der Waals surface area contributed by atoms with Gasteiger partial charge in [0.25, 0.3) is 0 Å². The van der Waals surface area contributed by atoms with Gasteiger partial charge in [-0.2, -0.15) is 10.6 Å². The summed E-state index contributed by atoms with van der Waals surface area (Å²) in [6.07, 6.45) is 0. The zero-order valence-corrected chi connectivity index (χ0v) is 7.03. The second kappa shape index (κ2) is 6.16. The Labute approximate surface area is 90.5 Å². The SMILES string of the molecule is [Li+].[Li+].[NH-]c1ccccc1[S-]. The van der Waals surface area contributed by atoms with Crippen molar-refractivity contribution in [2.24, 2.45) is 0 Å². The monoisotopic (exact) mass is 137 g/mol. The van der Waals surface area contributed by atoms with Gasteiger partial charge < -0.3 is 18.4 Å². The van der Waals surface area contributed by atoms with Crippen molar-refractivity contribution in [2.75, 3.05) is 0 Å². The van der Waals surface area contributed by atoms with E-state index in [9.17, 15) is 0 Å². The molecule has 10 heavy (non-hydrogen) atoms. The van der Waals surface area contributed by atoms with E-state index in [4.69, 9.17) is 18.4 Å². The normalized spacial score (nSPS) is 7.20. The van der Waals surface area contributed by atoms with Gasteiger partial charge in [0.2, 0.25) is 0 Å². The van der Waals surface area contributed by atoms with Crippen molar-refractivity contribution in [3.8, 4) is 0 Å². The predicted octanol–water partition coefficient (Wildman–Crippen LogP) is -3.72. The molecule has 0 saturated heterocycles. The van der Waals surface area contributed by atoms with Gasteiger partial charge in [0.1, 0.15) is 0 Å². The van der Waals surface area contributed by atoms with Crippen LogP contribution in [0.25, 0.3) is 5.73 Å². The summed E-state index contributed by atoms with van der Waals surface area (Å²) in [6, 6.07) is 7.07. The van der Waals surface area contributed by atoms with Gasteiger partial charge in [-0.3, -0.25) is 0 Å². The van der Waals surface area contributed by atoms with E-state index >= 15 is 0 Å². The standard InChI is InChI=1S/C6H6NS.2Li/c7-5-3-1-2-4-6(5)8;;/h1-4,7-8H;;/q-1;2*+1/p-1. The minimum absolute atomic E-state index is 0. The third-order valence-electron chi connectivity index (χ3n) is 0.887. The van der Waals surface area contributed by atoms with Crippen molar-refractivity contribution in [1.82, 2.24) is 0 Å². The van der Waals surface area contributed by atoms with Gasteiger partial charge in [-0.25, -0.2) is 0 Å². The van der Waals surface area contributed by atoms with Crippen molar-refractivity contribution >= 4 is 18.3 Å². The molecule has 0 atom stereocenters. The first-order valence-electron chi connectivity index (χ1n) is 2.28. The van der Waals surface area contributed by atoms with Crippen molar-refractivity contribution in [3.63, 3.8) is 0 Å². The van der Waals surface area contributed by atoms with Crippen LogP contribution in [0.4, 0.5) is 5.69 Å². The molecule has 0 aromatic heterocycles. The second-order valence-electron chi connectivity index (χ2n) is 1.50. The molecule has 0 heterocycles. The Morgan fingerprint density at radius 1 is 1.10 bits per heavy atom. The van der Waals surface area contributed by atoms with Crippen LogP contribution in [0.1, 0.15) is 0 Å². The molecule has 1 nitrogen and oxygen atoms in total. The smallest absolute Gasteiger partial charge is 0.781 e. The summed E-state index contributed by atoms with van der Waals surface area (Å²) >= 11 is 4.77. The Balaban J connectivity index is 0. The van der Waals surface area contributed by atoms with E-state index in [2.05, 4.69) is 0 Å². The molecule has 1 aromatic rings. The number of hydrogen-bond donors (Lipinski definition) is 0. The van der Waals surface area contributed by atoms with Crippen LogP contribution in [0.5, 0.6) is 0 Å². The van der Waals surface area contributed by atoms with Crippen LogP contribution in [-0.2, 0) is 12.6 Å². The van der Waals surface area contributed by atoms with Crippen LogP contribution < -0.4 is 37.7 Å².